The maximum atomic E-state index is 13.0. The highest BCUT2D eigenvalue weighted by Gasteiger charge is 2.39. The van der Waals surface area contributed by atoms with Crippen molar-refractivity contribution in [3.63, 3.8) is 0 Å². The number of nitrogens with zero attached hydrogens (tertiary/aromatic N) is 9. The zero-order chi connectivity index (χ0) is 43.5. The number of rotatable bonds is 7. The molecule has 2 aliphatic heterocycles. The fourth-order valence-electron chi connectivity index (χ4n) is 7.65. The van der Waals surface area contributed by atoms with Crippen molar-refractivity contribution in [1.82, 2.24) is 35.1 Å². The van der Waals surface area contributed by atoms with Crippen LogP contribution in [0.2, 0.25) is 0 Å². The van der Waals surface area contributed by atoms with Gasteiger partial charge >= 0.3 is 12.1 Å². The summed E-state index contributed by atoms with van der Waals surface area (Å²) >= 11 is 0. The molecule has 62 heavy (non-hydrogen) atoms. The molecule has 0 bridgehead atoms. The van der Waals surface area contributed by atoms with E-state index in [1.807, 2.05) is 67.6 Å². The van der Waals surface area contributed by atoms with Crippen LogP contribution in [-0.4, -0.2) is 52.8 Å². The Hall–Kier alpha value is -8.12. The highest BCUT2D eigenvalue weighted by Crippen LogP contribution is 2.46. The van der Waals surface area contributed by atoms with Crippen LogP contribution in [-0.2, 0) is 4.74 Å². The lowest BCUT2D eigenvalue weighted by Crippen LogP contribution is -2.32. The van der Waals surface area contributed by atoms with Gasteiger partial charge in [-0.2, -0.15) is 4.68 Å². The summed E-state index contributed by atoms with van der Waals surface area (Å²) in [7, 11) is 0. The minimum atomic E-state index is -0.651. The first-order chi connectivity index (χ1) is 30.0. The number of carbonyl (C=O) groups excluding carboxylic acids is 2. The van der Waals surface area contributed by atoms with Gasteiger partial charge in [0.1, 0.15) is 27.7 Å². The van der Waals surface area contributed by atoms with Crippen LogP contribution < -0.4 is 21.0 Å². The van der Waals surface area contributed by atoms with Gasteiger partial charge in [0.2, 0.25) is 0 Å². The van der Waals surface area contributed by atoms with Gasteiger partial charge in [-0.25, -0.2) is 28.5 Å². The molecule has 9 rings (SSSR count). The van der Waals surface area contributed by atoms with E-state index in [2.05, 4.69) is 63.4 Å². The summed E-state index contributed by atoms with van der Waals surface area (Å²) in [4.78, 5) is 33.4. The monoisotopic (exact) mass is 832 g/mol. The first kappa shape index (κ1) is 40.7. The van der Waals surface area contributed by atoms with Gasteiger partial charge in [0.05, 0.1) is 30.5 Å². The minimum absolute atomic E-state index is 0.341. The molecule has 312 valence electrons. The topological polar surface area (TPSA) is 203 Å². The van der Waals surface area contributed by atoms with E-state index in [1.165, 1.54) is 9.36 Å². The fraction of sp³-hybridized carbons (Fsp3) is 0.273. The van der Waals surface area contributed by atoms with E-state index in [0.29, 0.717) is 69.2 Å². The summed E-state index contributed by atoms with van der Waals surface area (Å²) in [6.45, 7) is 25.3. The number of fused-ring (bicyclic) bond motifs is 4. The number of H-pyrrole nitrogens is 1. The van der Waals surface area contributed by atoms with E-state index in [-0.39, 0.29) is 6.03 Å². The Morgan fingerprint density at radius 3 is 1.94 bits per heavy atom. The van der Waals surface area contributed by atoms with E-state index in [4.69, 9.17) is 27.1 Å². The molecule has 3 aromatic carbocycles. The number of aromatic nitrogens is 8. The van der Waals surface area contributed by atoms with Gasteiger partial charge in [0, 0.05) is 28.8 Å². The molecule has 0 saturated carbocycles. The molecule has 4 aromatic heterocycles. The summed E-state index contributed by atoms with van der Waals surface area (Å²) in [6, 6.07) is 20.1. The number of nitrogens with one attached hydrogen (secondary N) is 4. The number of hydrogen-bond acceptors (Lipinski definition) is 12. The lowest BCUT2D eigenvalue weighted by Gasteiger charge is -2.25. The molecule has 0 radical (unpaired) electrons. The zero-order valence-electron chi connectivity index (χ0n) is 34.6. The summed E-state index contributed by atoms with van der Waals surface area (Å²) in [5, 5.41) is 32.9. The van der Waals surface area contributed by atoms with Gasteiger partial charge in [-0.3, -0.25) is 0 Å². The van der Waals surface area contributed by atoms with Gasteiger partial charge in [0.25, 0.3) is 0 Å². The molecule has 2 unspecified atom stereocenters. The normalized spacial score (nSPS) is 15.7. The van der Waals surface area contributed by atoms with E-state index in [9.17, 15) is 9.59 Å². The van der Waals surface area contributed by atoms with Crippen molar-refractivity contribution in [1.29, 1.82) is 0 Å². The number of benzene rings is 3. The molecule has 18 nitrogen and oxygen atoms in total. The van der Waals surface area contributed by atoms with Crippen LogP contribution in [0.15, 0.2) is 111 Å². The van der Waals surface area contributed by atoms with Crippen molar-refractivity contribution in [3.8, 4) is 0 Å². The molecular weight excluding hydrogens is 791 g/mol. The second-order valence-electron chi connectivity index (χ2n) is 15.6. The maximum absolute atomic E-state index is 13.0. The number of aromatic amines is 1. The fourth-order valence-corrected chi connectivity index (χ4v) is 7.65. The number of hydrogen-bond donors (Lipinski definition) is 3. The van der Waals surface area contributed by atoms with Crippen molar-refractivity contribution in [2.45, 2.75) is 77.7 Å². The smallest absolute Gasteiger partial charge is 0.435 e. The molecule has 2 atom stereocenters. The van der Waals surface area contributed by atoms with E-state index < -0.39 is 23.5 Å². The predicted octanol–water partition coefficient (Wildman–Crippen LogP) is 9.10. The van der Waals surface area contributed by atoms with Gasteiger partial charge in [0.15, 0.2) is 29.2 Å². The molecule has 4 N–H and O–H groups in total. The van der Waals surface area contributed by atoms with E-state index in [1.54, 1.807) is 39.2 Å². The third-order valence-corrected chi connectivity index (χ3v) is 10.2. The Morgan fingerprint density at radius 1 is 0.790 bits per heavy atom. The third-order valence-electron chi connectivity index (χ3n) is 10.2. The summed E-state index contributed by atoms with van der Waals surface area (Å²) in [5.74, 6) is 0.248. The molecule has 6 heterocycles. The number of amides is 1. The lowest BCUT2D eigenvalue weighted by molar-refractivity contribution is -0.469. The lowest BCUT2D eigenvalue weighted by atomic mass is 9.85. The Bertz CT molecular complexity index is 2970. The van der Waals surface area contributed by atoms with Crippen LogP contribution in [0, 0.1) is 13.1 Å². The maximum Gasteiger partial charge on any atom is 0.435 e. The molecular formula is C44H42N13O5+. The molecule has 0 spiro atoms. The summed E-state index contributed by atoms with van der Waals surface area (Å²) < 4.78 is 17.9. The number of para-hydroxylation sites is 1. The van der Waals surface area contributed by atoms with Crippen molar-refractivity contribution in [3.05, 3.63) is 147 Å². The predicted molar refractivity (Wildman–Crippen MR) is 227 cm³/mol. The van der Waals surface area contributed by atoms with Crippen LogP contribution in [0.4, 0.5) is 26.9 Å². The van der Waals surface area contributed by atoms with E-state index >= 15 is 0 Å². The Kier molecular flexibility index (Phi) is 11.1. The Balaban J connectivity index is 0.000000171. The second kappa shape index (κ2) is 16.9. The first-order valence-corrected chi connectivity index (χ1v) is 20.0. The highest BCUT2D eigenvalue weighted by atomic mass is 16.6. The summed E-state index contributed by atoms with van der Waals surface area (Å²) in [5.41, 5.74) is 8.18. The van der Waals surface area contributed by atoms with Gasteiger partial charge < -0.3 is 20.7 Å². The number of carbonyl (C=O) groups is 2. The number of ether oxygens (including phenoxy) is 1. The molecule has 0 fully saturated rings. The highest BCUT2D eigenvalue weighted by molar-refractivity contribution is 5.93. The van der Waals surface area contributed by atoms with Crippen LogP contribution in [0.25, 0.3) is 31.8 Å². The van der Waals surface area contributed by atoms with Crippen LogP contribution in [0.5, 0.6) is 0 Å². The van der Waals surface area contributed by atoms with Crippen molar-refractivity contribution < 1.29 is 28.7 Å². The van der Waals surface area contributed by atoms with Gasteiger partial charge in [-0.05, 0) is 94.3 Å². The van der Waals surface area contributed by atoms with Crippen LogP contribution in [0.1, 0.15) is 94.4 Å². The molecule has 18 heteroatoms. The van der Waals surface area contributed by atoms with Crippen molar-refractivity contribution in [2.24, 2.45) is 0 Å². The Labute approximate surface area is 355 Å². The Morgan fingerprint density at radius 2 is 1.37 bits per heavy atom. The average molecular weight is 833 g/mol. The average Bonchev–Trinajstić information content (AvgIpc) is 4.09. The largest absolute Gasteiger partial charge is 0.442 e. The summed E-state index contributed by atoms with van der Waals surface area (Å²) in [6.07, 6.45) is 5.83. The second-order valence-corrected chi connectivity index (χ2v) is 15.6. The quantitative estimate of drug-likeness (QED) is 0.129. The third kappa shape index (κ3) is 7.72. The molecule has 7 aromatic rings. The molecule has 0 aliphatic carbocycles. The first-order valence-electron chi connectivity index (χ1n) is 20.0. The number of anilines is 3. The number of allylic oxidation sites excluding steroid dienone is 4. The van der Waals surface area contributed by atoms with Crippen LogP contribution in [0.3, 0.4) is 0 Å². The SMILES string of the molecule is [C-]#[N+]C1=C(CCC)Nc2c(c[nH+]n2C(=O)Nc2ccccc2)C1c1cccc2nonc12.[C-]#[N+]C1=C(CCC)Nc2nn(C(=O)OC(C)(C)C)cc2C1c1cccc2nonc12. The van der Waals surface area contributed by atoms with E-state index in [0.717, 1.165) is 40.9 Å². The standard InChI is InChI=1S/C23H19N7O2.C21H22N6O3/c1-3-8-17-21(24-2)19(15-11-7-12-18-20(15)29-32-28-18)16-13-25-30(22(16)27-17)23(31)26-14-9-5-4-6-10-14;1-6-8-14-18(22-5)16(12-9-7-10-15-17(12)26-30-25-15)13-11-27(24-19(13)23-14)20(28)29-21(2,3)4/h4-7,9-13,19,27H,3,8H2,1H3,(H,26,31);7,9-11,16H,6,8H2,1-4H3,(H,23,24)/p+1. The molecule has 2 aliphatic rings. The van der Waals surface area contributed by atoms with Crippen molar-refractivity contribution >= 4 is 51.5 Å². The van der Waals surface area contributed by atoms with Crippen molar-refractivity contribution in [2.75, 3.05) is 16.0 Å². The molecule has 0 saturated heterocycles. The van der Waals surface area contributed by atoms with Gasteiger partial charge in [-0.1, -0.05) is 69.2 Å². The van der Waals surface area contributed by atoms with Crippen LogP contribution >= 0.6 is 0 Å². The minimum Gasteiger partial charge on any atom is -0.442 e. The van der Waals surface area contributed by atoms with Gasteiger partial charge in [-0.15, -0.1) is 10.2 Å². The molecule has 1 amide bonds. The zero-order valence-corrected chi connectivity index (χ0v) is 34.6.